The van der Waals surface area contributed by atoms with E-state index in [1.807, 2.05) is 18.8 Å². The summed E-state index contributed by atoms with van der Waals surface area (Å²) in [4.78, 5) is 0. The van der Waals surface area contributed by atoms with Gasteiger partial charge >= 0.3 is 0 Å². The molecule has 0 bridgehead atoms. The smallest absolute Gasteiger partial charge is 0.0888 e. The summed E-state index contributed by atoms with van der Waals surface area (Å²) in [7, 11) is 3.83. The maximum atomic E-state index is 6.45. The minimum Gasteiger partial charge on any atom is -0.376 e. The summed E-state index contributed by atoms with van der Waals surface area (Å²) in [5.41, 5.74) is 0.894. The lowest BCUT2D eigenvalue weighted by molar-refractivity contribution is -0.0543. The van der Waals surface area contributed by atoms with Crippen LogP contribution < -0.4 is 5.32 Å². The van der Waals surface area contributed by atoms with Crippen LogP contribution in [-0.4, -0.2) is 29.5 Å². The van der Waals surface area contributed by atoms with Crippen molar-refractivity contribution in [2.45, 2.75) is 70.1 Å². The van der Waals surface area contributed by atoms with Gasteiger partial charge in [-0.05, 0) is 26.3 Å². The average Bonchev–Trinajstić information content (AvgIpc) is 2.72. The summed E-state index contributed by atoms with van der Waals surface area (Å²) in [5, 5.41) is 8.65. The number of nitrogens with one attached hydrogen (secondary N) is 1. The molecule has 21 heavy (non-hydrogen) atoms. The van der Waals surface area contributed by atoms with Gasteiger partial charge in [-0.2, -0.15) is 5.10 Å². The van der Waals surface area contributed by atoms with Crippen LogP contribution in [0.25, 0.3) is 0 Å². The van der Waals surface area contributed by atoms with Crippen molar-refractivity contribution in [3.8, 4) is 0 Å². The Morgan fingerprint density at radius 1 is 1.38 bits per heavy atom. The van der Waals surface area contributed by atoms with Crippen molar-refractivity contribution in [1.29, 1.82) is 0 Å². The summed E-state index contributed by atoms with van der Waals surface area (Å²) >= 11 is 6.45. The molecule has 1 unspecified atom stereocenters. The van der Waals surface area contributed by atoms with Gasteiger partial charge in [0.2, 0.25) is 0 Å². The third kappa shape index (κ3) is 3.43. The Morgan fingerprint density at radius 2 is 2.05 bits per heavy atom. The van der Waals surface area contributed by atoms with Gasteiger partial charge in [-0.15, -0.1) is 0 Å². The Hall–Kier alpha value is -0.580. The molecule has 1 fully saturated rings. The summed E-state index contributed by atoms with van der Waals surface area (Å²) < 4.78 is 8.10. The van der Waals surface area contributed by atoms with Crippen LogP contribution in [0.2, 0.25) is 5.02 Å². The van der Waals surface area contributed by atoms with Gasteiger partial charge in [0.15, 0.2) is 0 Å². The average molecular weight is 314 g/mol. The van der Waals surface area contributed by atoms with E-state index < -0.39 is 0 Å². The quantitative estimate of drug-likeness (QED) is 0.808. The van der Waals surface area contributed by atoms with E-state index in [1.165, 1.54) is 25.7 Å². The first-order chi connectivity index (χ1) is 10.2. The number of ether oxygens (including phenoxy) is 1. The molecule has 1 atom stereocenters. The molecule has 5 heteroatoms. The van der Waals surface area contributed by atoms with Crippen LogP contribution in [0, 0.1) is 0 Å². The van der Waals surface area contributed by atoms with Crippen molar-refractivity contribution in [2.24, 2.45) is 0 Å². The molecule has 2 rings (SSSR count). The first-order valence-corrected chi connectivity index (χ1v) is 8.50. The number of hydrogen-bond donors (Lipinski definition) is 1. The predicted molar refractivity (Wildman–Crippen MR) is 86.8 cm³/mol. The predicted octanol–water partition coefficient (Wildman–Crippen LogP) is 3.95. The molecule has 120 valence electrons. The summed E-state index contributed by atoms with van der Waals surface area (Å²) in [5.74, 6) is 0. The zero-order valence-corrected chi connectivity index (χ0v) is 14.2. The number of halogens is 1. The summed E-state index contributed by atoms with van der Waals surface area (Å²) in [6.07, 6.45) is 9.97. The molecule has 1 aromatic rings. The van der Waals surface area contributed by atoms with Crippen molar-refractivity contribution >= 4 is 11.6 Å². The second-order valence-electron chi connectivity index (χ2n) is 6.01. The monoisotopic (exact) mass is 313 g/mol. The maximum Gasteiger partial charge on any atom is 0.0888 e. The first-order valence-electron chi connectivity index (χ1n) is 8.12. The fraction of sp³-hybridized carbons (Fsp3) is 0.812. The van der Waals surface area contributed by atoms with Crippen molar-refractivity contribution in [3.63, 3.8) is 0 Å². The van der Waals surface area contributed by atoms with Gasteiger partial charge in [-0.3, -0.25) is 4.68 Å². The molecule has 1 aliphatic carbocycles. The first kappa shape index (κ1) is 16.8. The van der Waals surface area contributed by atoms with Crippen LogP contribution in [0.1, 0.15) is 63.6 Å². The number of methoxy groups -OCH3 is 1. The third-order valence-electron chi connectivity index (χ3n) is 4.71. The standard InChI is InChI=1S/C16H28ClN3O/c1-4-11-20-14(13(17)12-19-20)15(18-2)16(21-3)9-7-5-6-8-10-16/h12,15,18H,4-11H2,1-3H3. The van der Waals surface area contributed by atoms with Gasteiger partial charge in [0.25, 0.3) is 0 Å². The molecule has 0 spiro atoms. The Morgan fingerprint density at radius 3 is 2.57 bits per heavy atom. The Labute approximate surface area is 133 Å². The van der Waals surface area contributed by atoms with Gasteiger partial charge in [-0.1, -0.05) is 44.2 Å². The molecule has 4 nitrogen and oxygen atoms in total. The van der Waals surface area contributed by atoms with E-state index in [0.717, 1.165) is 36.5 Å². The van der Waals surface area contributed by atoms with E-state index in [-0.39, 0.29) is 11.6 Å². The molecular formula is C16H28ClN3O. The number of hydrogen-bond acceptors (Lipinski definition) is 3. The zero-order valence-electron chi connectivity index (χ0n) is 13.5. The minimum atomic E-state index is -0.180. The number of rotatable bonds is 6. The Bertz CT molecular complexity index is 439. The van der Waals surface area contributed by atoms with E-state index in [0.29, 0.717) is 0 Å². The van der Waals surface area contributed by atoms with Crippen LogP contribution in [0.5, 0.6) is 0 Å². The minimum absolute atomic E-state index is 0.0853. The lowest BCUT2D eigenvalue weighted by Gasteiger charge is -2.39. The molecule has 0 aromatic carbocycles. The molecule has 1 N–H and O–H groups in total. The van der Waals surface area contributed by atoms with Crippen LogP contribution in [-0.2, 0) is 11.3 Å². The molecule has 1 saturated carbocycles. The van der Waals surface area contributed by atoms with Crippen molar-refractivity contribution in [3.05, 3.63) is 16.9 Å². The second-order valence-corrected chi connectivity index (χ2v) is 6.41. The number of nitrogens with zero attached hydrogens (tertiary/aromatic N) is 2. The molecule has 1 aromatic heterocycles. The van der Waals surface area contributed by atoms with Gasteiger partial charge in [0, 0.05) is 13.7 Å². The molecule has 0 amide bonds. The fourth-order valence-electron chi connectivity index (χ4n) is 3.64. The summed E-state index contributed by atoms with van der Waals surface area (Å²) in [6, 6.07) is 0.0853. The number of likely N-dealkylation sites (N-methyl/N-ethyl adjacent to an activating group) is 1. The number of aryl methyl sites for hydroxylation is 1. The van der Waals surface area contributed by atoms with Crippen molar-refractivity contribution in [2.75, 3.05) is 14.2 Å². The molecule has 0 radical (unpaired) electrons. The lowest BCUT2D eigenvalue weighted by atomic mass is 9.84. The highest BCUT2D eigenvalue weighted by Crippen LogP contribution is 2.41. The van der Waals surface area contributed by atoms with E-state index in [1.54, 1.807) is 6.20 Å². The molecule has 0 saturated heterocycles. The lowest BCUT2D eigenvalue weighted by Crippen LogP contribution is -2.45. The number of aromatic nitrogens is 2. The van der Waals surface area contributed by atoms with Gasteiger partial charge in [0.05, 0.1) is 28.6 Å². The van der Waals surface area contributed by atoms with Gasteiger partial charge in [-0.25, -0.2) is 0 Å². The van der Waals surface area contributed by atoms with Crippen LogP contribution in [0.3, 0.4) is 0 Å². The fourth-order valence-corrected chi connectivity index (χ4v) is 3.89. The third-order valence-corrected chi connectivity index (χ3v) is 5.00. The largest absolute Gasteiger partial charge is 0.376 e. The van der Waals surface area contributed by atoms with E-state index in [2.05, 4.69) is 17.3 Å². The maximum absolute atomic E-state index is 6.45. The highest BCUT2D eigenvalue weighted by atomic mass is 35.5. The topological polar surface area (TPSA) is 39.1 Å². The molecule has 1 heterocycles. The molecule has 0 aliphatic heterocycles. The second kappa shape index (κ2) is 7.61. The molecular weight excluding hydrogens is 286 g/mol. The normalized spacial score (nSPS) is 20.2. The molecule has 1 aliphatic rings. The van der Waals surface area contributed by atoms with Crippen LogP contribution in [0.15, 0.2) is 6.20 Å². The summed E-state index contributed by atoms with van der Waals surface area (Å²) in [6.45, 7) is 3.05. The van der Waals surface area contributed by atoms with Gasteiger partial charge < -0.3 is 10.1 Å². The van der Waals surface area contributed by atoms with Crippen molar-refractivity contribution < 1.29 is 4.74 Å². The zero-order chi connectivity index (χ0) is 15.3. The van der Waals surface area contributed by atoms with Gasteiger partial charge in [0.1, 0.15) is 0 Å². The SMILES string of the molecule is CCCn1ncc(Cl)c1C(NC)C1(OC)CCCCCC1. The van der Waals surface area contributed by atoms with E-state index in [9.17, 15) is 0 Å². The van der Waals surface area contributed by atoms with Crippen LogP contribution in [0.4, 0.5) is 0 Å². The Balaban J connectivity index is 2.38. The highest BCUT2D eigenvalue weighted by molar-refractivity contribution is 6.31. The Kier molecular flexibility index (Phi) is 6.08. The van der Waals surface area contributed by atoms with E-state index >= 15 is 0 Å². The van der Waals surface area contributed by atoms with Crippen LogP contribution >= 0.6 is 11.6 Å². The highest BCUT2D eigenvalue weighted by Gasteiger charge is 2.41. The van der Waals surface area contributed by atoms with E-state index in [4.69, 9.17) is 16.3 Å². The van der Waals surface area contributed by atoms with Crippen molar-refractivity contribution in [1.82, 2.24) is 15.1 Å².